The van der Waals surface area contributed by atoms with E-state index in [1.165, 1.54) is 0 Å². The van der Waals surface area contributed by atoms with Crippen molar-refractivity contribution in [2.45, 2.75) is 43.8 Å². The topological polar surface area (TPSA) is 72.2 Å². The number of aryl methyl sites for hydroxylation is 1. The van der Waals surface area contributed by atoms with Crippen LogP contribution in [0, 0.1) is 6.92 Å². The maximum Gasteiger partial charge on any atom is 0.235 e. The van der Waals surface area contributed by atoms with Crippen LogP contribution in [0.25, 0.3) is 0 Å². The molecule has 5 heteroatoms. The number of hydrogen-bond acceptors (Lipinski definition) is 3. The highest BCUT2D eigenvalue weighted by Gasteiger charge is 2.22. The Morgan fingerprint density at radius 2 is 2.16 bits per heavy atom. The van der Waals surface area contributed by atoms with Gasteiger partial charge in [0.15, 0.2) is 0 Å². The average Bonchev–Trinajstić information content (AvgIpc) is 2.40. The molecule has 0 spiro atoms. The standard InChI is InChI=1S/C14H22N2O2S/c1-4-5-8-16-14(17)11(3)19(18)13-9-10(2)6-7-12(13)15/h6-7,9,11H,4-5,8,15H2,1-3H3,(H,16,17). The molecule has 0 radical (unpaired) electrons. The molecule has 0 saturated heterocycles. The smallest absolute Gasteiger partial charge is 0.235 e. The highest BCUT2D eigenvalue weighted by molar-refractivity contribution is 7.86. The number of nitrogen functional groups attached to an aromatic ring is 1. The first-order chi connectivity index (χ1) is 8.97. The maximum absolute atomic E-state index is 12.4. The summed E-state index contributed by atoms with van der Waals surface area (Å²) in [6.07, 6.45) is 1.94. The van der Waals surface area contributed by atoms with Crippen LogP contribution in [0.4, 0.5) is 5.69 Å². The lowest BCUT2D eigenvalue weighted by Gasteiger charge is -2.13. The van der Waals surface area contributed by atoms with Gasteiger partial charge in [0.05, 0.1) is 15.7 Å². The van der Waals surface area contributed by atoms with Crippen LogP contribution >= 0.6 is 0 Å². The Morgan fingerprint density at radius 1 is 1.47 bits per heavy atom. The predicted molar refractivity (Wildman–Crippen MR) is 79.4 cm³/mol. The number of hydrogen-bond donors (Lipinski definition) is 2. The lowest BCUT2D eigenvalue weighted by molar-refractivity contribution is -0.120. The molecule has 1 aromatic carbocycles. The fourth-order valence-corrected chi connectivity index (χ4v) is 2.90. The van der Waals surface area contributed by atoms with Crippen LogP contribution < -0.4 is 11.1 Å². The first-order valence-electron chi connectivity index (χ1n) is 6.51. The highest BCUT2D eigenvalue weighted by atomic mass is 32.2. The van der Waals surface area contributed by atoms with E-state index in [4.69, 9.17) is 5.73 Å². The fraction of sp³-hybridized carbons (Fsp3) is 0.500. The summed E-state index contributed by atoms with van der Waals surface area (Å²) >= 11 is 0. The fourth-order valence-electron chi connectivity index (χ4n) is 1.64. The molecule has 4 nitrogen and oxygen atoms in total. The van der Waals surface area contributed by atoms with Gasteiger partial charge in [0.25, 0.3) is 0 Å². The van der Waals surface area contributed by atoms with Gasteiger partial charge in [-0.15, -0.1) is 0 Å². The SMILES string of the molecule is CCCCNC(=O)C(C)S(=O)c1cc(C)ccc1N. The molecular formula is C14H22N2O2S. The molecular weight excluding hydrogens is 260 g/mol. The van der Waals surface area contributed by atoms with Crippen molar-refractivity contribution in [1.29, 1.82) is 0 Å². The third-order valence-electron chi connectivity index (χ3n) is 2.91. The van der Waals surface area contributed by atoms with Gasteiger partial charge in [0.2, 0.25) is 5.91 Å². The summed E-state index contributed by atoms with van der Waals surface area (Å²) in [5.74, 6) is -0.187. The van der Waals surface area contributed by atoms with Crippen molar-refractivity contribution in [3.05, 3.63) is 23.8 Å². The van der Waals surface area contributed by atoms with Gasteiger partial charge in [-0.25, -0.2) is 0 Å². The van der Waals surface area contributed by atoms with E-state index in [0.717, 1.165) is 18.4 Å². The minimum atomic E-state index is -1.42. The van der Waals surface area contributed by atoms with E-state index in [-0.39, 0.29) is 5.91 Å². The predicted octanol–water partition coefficient (Wildman–Crippen LogP) is 1.99. The number of carbonyl (C=O) groups is 1. The van der Waals surface area contributed by atoms with Crippen LogP contribution in [-0.2, 0) is 15.6 Å². The molecule has 2 unspecified atom stereocenters. The number of unbranched alkanes of at least 4 members (excludes halogenated alkanes) is 1. The van der Waals surface area contributed by atoms with E-state index in [9.17, 15) is 9.00 Å². The van der Waals surface area contributed by atoms with Gasteiger partial charge < -0.3 is 11.1 Å². The number of carbonyl (C=O) groups excluding carboxylic acids is 1. The Bertz CT molecular complexity index is 475. The molecule has 0 heterocycles. The minimum absolute atomic E-state index is 0.187. The second-order valence-corrected chi connectivity index (χ2v) is 6.37. The number of amides is 1. The van der Waals surface area contributed by atoms with E-state index in [2.05, 4.69) is 12.2 Å². The van der Waals surface area contributed by atoms with E-state index >= 15 is 0 Å². The lowest BCUT2D eigenvalue weighted by Crippen LogP contribution is -2.36. The summed E-state index contributed by atoms with van der Waals surface area (Å²) in [5, 5.41) is 2.20. The molecule has 1 aromatic rings. The zero-order valence-electron chi connectivity index (χ0n) is 11.7. The molecule has 0 bridgehead atoms. The monoisotopic (exact) mass is 282 g/mol. The zero-order valence-corrected chi connectivity index (χ0v) is 12.5. The van der Waals surface area contributed by atoms with Crippen molar-refractivity contribution in [3.8, 4) is 0 Å². The van der Waals surface area contributed by atoms with Crippen LogP contribution in [0.5, 0.6) is 0 Å². The summed E-state index contributed by atoms with van der Waals surface area (Å²) in [6.45, 7) is 6.26. The molecule has 19 heavy (non-hydrogen) atoms. The van der Waals surface area contributed by atoms with Crippen LogP contribution in [0.15, 0.2) is 23.1 Å². The first kappa shape index (κ1) is 15.7. The molecule has 0 aliphatic rings. The number of anilines is 1. The third-order valence-corrected chi connectivity index (χ3v) is 4.55. The molecule has 2 atom stereocenters. The quantitative estimate of drug-likeness (QED) is 0.619. The lowest BCUT2D eigenvalue weighted by atomic mass is 10.2. The van der Waals surface area contributed by atoms with Crippen molar-refractivity contribution < 1.29 is 9.00 Å². The van der Waals surface area contributed by atoms with E-state index in [1.807, 2.05) is 13.0 Å². The van der Waals surface area contributed by atoms with E-state index in [0.29, 0.717) is 17.1 Å². The second-order valence-electron chi connectivity index (χ2n) is 4.63. The van der Waals surface area contributed by atoms with Gasteiger partial charge in [-0.2, -0.15) is 0 Å². The van der Waals surface area contributed by atoms with Gasteiger partial charge in [-0.1, -0.05) is 19.4 Å². The summed E-state index contributed by atoms with van der Waals surface area (Å²) in [4.78, 5) is 12.4. The summed E-state index contributed by atoms with van der Waals surface area (Å²) in [6, 6.07) is 5.37. The molecule has 0 aromatic heterocycles. The normalized spacial score (nSPS) is 13.8. The number of benzene rings is 1. The summed E-state index contributed by atoms with van der Waals surface area (Å²) in [7, 11) is -1.42. The highest BCUT2D eigenvalue weighted by Crippen LogP contribution is 2.20. The van der Waals surface area contributed by atoms with Gasteiger partial charge in [-0.05, 0) is 38.0 Å². The molecule has 0 saturated carbocycles. The molecule has 1 amide bonds. The Balaban J connectivity index is 2.76. The first-order valence-corrected chi connectivity index (χ1v) is 7.73. The maximum atomic E-state index is 12.4. The molecule has 106 valence electrons. The second kappa shape index (κ2) is 7.28. The van der Waals surface area contributed by atoms with Crippen molar-refractivity contribution in [1.82, 2.24) is 5.32 Å². The summed E-state index contributed by atoms with van der Waals surface area (Å²) < 4.78 is 12.4. The van der Waals surface area contributed by atoms with Crippen molar-refractivity contribution in [2.75, 3.05) is 12.3 Å². The van der Waals surface area contributed by atoms with Gasteiger partial charge in [0.1, 0.15) is 5.25 Å². The Labute approximate surface area is 117 Å². The van der Waals surface area contributed by atoms with E-state index in [1.54, 1.807) is 19.1 Å². The van der Waals surface area contributed by atoms with Crippen LogP contribution in [0.3, 0.4) is 0 Å². The molecule has 3 N–H and O–H groups in total. The Kier molecular flexibility index (Phi) is 6.02. The largest absolute Gasteiger partial charge is 0.398 e. The van der Waals surface area contributed by atoms with Gasteiger partial charge in [0, 0.05) is 12.2 Å². The third kappa shape index (κ3) is 4.35. The van der Waals surface area contributed by atoms with E-state index < -0.39 is 16.0 Å². The number of nitrogens with one attached hydrogen (secondary N) is 1. The number of rotatable bonds is 6. The Morgan fingerprint density at radius 3 is 2.79 bits per heavy atom. The van der Waals surface area contributed by atoms with Gasteiger partial charge >= 0.3 is 0 Å². The zero-order chi connectivity index (χ0) is 14.4. The van der Waals surface area contributed by atoms with Crippen LogP contribution in [0.2, 0.25) is 0 Å². The number of nitrogens with two attached hydrogens (primary N) is 1. The summed E-state index contributed by atoms with van der Waals surface area (Å²) in [5.41, 5.74) is 7.28. The van der Waals surface area contributed by atoms with Crippen molar-refractivity contribution in [2.24, 2.45) is 0 Å². The Hall–Kier alpha value is -1.36. The van der Waals surface area contributed by atoms with Gasteiger partial charge in [-0.3, -0.25) is 9.00 Å². The minimum Gasteiger partial charge on any atom is -0.398 e. The molecule has 0 aliphatic carbocycles. The van der Waals surface area contributed by atoms with Crippen molar-refractivity contribution in [3.63, 3.8) is 0 Å². The molecule has 0 fully saturated rings. The molecule has 1 rings (SSSR count). The van der Waals surface area contributed by atoms with Crippen LogP contribution in [0.1, 0.15) is 32.3 Å². The average molecular weight is 282 g/mol. The van der Waals surface area contributed by atoms with Crippen LogP contribution in [-0.4, -0.2) is 21.9 Å². The van der Waals surface area contributed by atoms with Crippen molar-refractivity contribution >= 4 is 22.4 Å². The molecule has 0 aliphatic heterocycles.